The molecule has 0 bridgehead atoms. The Balaban J connectivity index is 1.84. The van der Waals surface area contributed by atoms with E-state index in [1.165, 1.54) is 21.7 Å². The summed E-state index contributed by atoms with van der Waals surface area (Å²) in [5.41, 5.74) is 8.29. The van der Waals surface area contributed by atoms with Crippen LogP contribution in [0.4, 0.5) is 11.4 Å². The Labute approximate surface area is 128 Å². The lowest BCUT2D eigenvalue weighted by Crippen LogP contribution is -2.08. The van der Waals surface area contributed by atoms with Crippen LogP contribution in [0.5, 0.6) is 0 Å². The first-order chi connectivity index (χ1) is 10.3. The number of anilines is 1. The van der Waals surface area contributed by atoms with Gasteiger partial charge in [0, 0.05) is 35.7 Å². The van der Waals surface area contributed by atoms with Gasteiger partial charge in [0.15, 0.2) is 0 Å². The van der Waals surface area contributed by atoms with Gasteiger partial charge in [0.2, 0.25) is 0 Å². The van der Waals surface area contributed by atoms with Crippen molar-refractivity contribution in [1.29, 1.82) is 0 Å². The van der Waals surface area contributed by atoms with Gasteiger partial charge in [0.1, 0.15) is 5.03 Å². The summed E-state index contributed by atoms with van der Waals surface area (Å²) in [7, 11) is 2.10. The lowest BCUT2D eigenvalue weighted by Gasteiger charge is -2.14. The Hall–Kier alpha value is -2.22. The number of hydrogen-bond donors (Lipinski definition) is 0. The Kier molecular flexibility index (Phi) is 2.95. The number of thioether (sulfide) groups is 1. The fraction of sp³-hybridized carbons (Fsp3) is 0.111. The van der Waals surface area contributed by atoms with Crippen LogP contribution in [0, 0.1) is 0 Å². The maximum absolute atomic E-state index is 4.46. The molecule has 0 radical (unpaired) electrons. The van der Waals surface area contributed by atoms with Gasteiger partial charge in [-0.05, 0) is 18.2 Å². The van der Waals surface area contributed by atoms with E-state index in [4.69, 9.17) is 0 Å². The number of allylic oxidation sites excluding steroid dienone is 1. The number of aliphatic imine (C=N–C) groups is 1. The third kappa shape index (κ3) is 2.11. The van der Waals surface area contributed by atoms with Gasteiger partial charge in [-0.15, -0.1) is 0 Å². The predicted molar refractivity (Wildman–Crippen MR) is 90.3 cm³/mol. The molecule has 3 heteroatoms. The molecule has 2 aromatic rings. The zero-order valence-corrected chi connectivity index (χ0v) is 12.5. The summed E-state index contributed by atoms with van der Waals surface area (Å²) in [6.07, 6.45) is 2.81. The number of fused-ring (bicyclic) bond motifs is 2. The number of nitrogens with zero attached hydrogens (tertiary/aromatic N) is 2. The highest BCUT2D eigenvalue weighted by atomic mass is 32.2. The van der Waals surface area contributed by atoms with E-state index in [0.717, 1.165) is 17.1 Å². The highest BCUT2D eigenvalue weighted by molar-refractivity contribution is 8.03. The topological polar surface area (TPSA) is 15.6 Å². The van der Waals surface area contributed by atoms with Crippen LogP contribution >= 0.6 is 11.8 Å². The van der Waals surface area contributed by atoms with Gasteiger partial charge in [0.05, 0.1) is 11.4 Å². The molecule has 21 heavy (non-hydrogen) atoms. The molecule has 0 saturated carbocycles. The highest BCUT2D eigenvalue weighted by Gasteiger charge is 2.21. The number of benzene rings is 2. The smallest absolute Gasteiger partial charge is 0.124 e. The Morgan fingerprint density at radius 3 is 2.81 bits per heavy atom. The molecule has 2 heterocycles. The lowest BCUT2D eigenvalue weighted by atomic mass is 10.00. The largest absolute Gasteiger partial charge is 0.332 e. The second-order valence-electron chi connectivity index (χ2n) is 5.07. The quantitative estimate of drug-likeness (QED) is 0.644. The van der Waals surface area contributed by atoms with Crippen molar-refractivity contribution in [2.24, 2.45) is 4.99 Å². The lowest BCUT2D eigenvalue weighted by molar-refractivity contribution is 1.18. The van der Waals surface area contributed by atoms with E-state index < -0.39 is 0 Å². The molecule has 2 aromatic carbocycles. The Bertz CT molecular complexity index is 813. The molecule has 0 saturated heterocycles. The van der Waals surface area contributed by atoms with Crippen LogP contribution in [0.15, 0.2) is 69.2 Å². The molecule has 0 fully saturated rings. The highest BCUT2D eigenvalue weighted by Crippen LogP contribution is 2.45. The third-order valence-corrected chi connectivity index (χ3v) is 4.89. The first-order valence-corrected chi connectivity index (χ1v) is 7.77. The molecule has 0 atom stereocenters. The Morgan fingerprint density at radius 2 is 1.90 bits per heavy atom. The molecule has 2 aliphatic rings. The van der Waals surface area contributed by atoms with Gasteiger partial charge in [-0.2, -0.15) is 0 Å². The van der Waals surface area contributed by atoms with Crippen LogP contribution in [-0.4, -0.2) is 13.3 Å². The third-order valence-electron chi connectivity index (χ3n) is 3.75. The molecule has 0 spiro atoms. The van der Waals surface area contributed by atoms with E-state index in [0.29, 0.717) is 0 Å². The van der Waals surface area contributed by atoms with Crippen molar-refractivity contribution in [2.75, 3.05) is 11.9 Å². The van der Waals surface area contributed by atoms with E-state index in [-0.39, 0.29) is 0 Å². The van der Waals surface area contributed by atoms with Gasteiger partial charge < -0.3 is 4.90 Å². The monoisotopic (exact) mass is 290 g/mol. The molecule has 0 aromatic heterocycles. The molecule has 0 unspecified atom stereocenters. The summed E-state index contributed by atoms with van der Waals surface area (Å²) in [5, 5.41) is 1.15. The molecular weight excluding hydrogens is 276 g/mol. The zero-order chi connectivity index (χ0) is 14.2. The number of para-hydroxylation sites is 2. The number of hydrogen-bond acceptors (Lipinski definition) is 3. The van der Waals surface area contributed by atoms with E-state index >= 15 is 0 Å². The van der Waals surface area contributed by atoms with Crippen molar-refractivity contribution < 1.29 is 0 Å². The molecular formula is C18H14N2S. The Morgan fingerprint density at radius 1 is 1.10 bits per heavy atom. The van der Waals surface area contributed by atoms with Gasteiger partial charge in [-0.25, -0.2) is 0 Å². The van der Waals surface area contributed by atoms with Crippen molar-refractivity contribution in [3.8, 4) is 0 Å². The SMILES string of the molecule is CN1C(=C=C2CC=Nc3ccccc32)Sc2ccccc21. The molecule has 102 valence electrons. The summed E-state index contributed by atoms with van der Waals surface area (Å²) < 4.78 is 0. The summed E-state index contributed by atoms with van der Waals surface area (Å²) in [6.45, 7) is 0. The van der Waals surface area contributed by atoms with E-state index in [1.54, 1.807) is 11.8 Å². The van der Waals surface area contributed by atoms with Gasteiger partial charge >= 0.3 is 0 Å². The van der Waals surface area contributed by atoms with Crippen LogP contribution in [0.25, 0.3) is 5.57 Å². The summed E-state index contributed by atoms with van der Waals surface area (Å²) in [6, 6.07) is 16.7. The molecule has 2 nitrogen and oxygen atoms in total. The summed E-state index contributed by atoms with van der Waals surface area (Å²) in [4.78, 5) is 7.96. The normalized spacial score (nSPS) is 15.8. The summed E-state index contributed by atoms with van der Waals surface area (Å²) >= 11 is 1.78. The number of rotatable bonds is 0. The van der Waals surface area contributed by atoms with Gasteiger partial charge in [-0.1, -0.05) is 47.8 Å². The van der Waals surface area contributed by atoms with Crippen LogP contribution in [-0.2, 0) is 0 Å². The zero-order valence-electron chi connectivity index (χ0n) is 11.7. The van der Waals surface area contributed by atoms with Crippen molar-refractivity contribution in [3.63, 3.8) is 0 Å². The second-order valence-corrected chi connectivity index (χ2v) is 6.10. The minimum atomic E-state index is 0.839. The van der Waals surface area contributed by atoms with Gasteiger partial charge in [-0.3, -0.25) is 4.99 Å². The maximum atomic E-state index is 4.46. The molecule has 4 rings (SSSR count). The summed E-state index contributed by atoms with van der Waals surface area (Å²) in [5.74, 6) is 0. The standard InChI is InChI=1S/C18H14N2S/c1-20-16-8-4-5-9-17(16)21-18(20)12-13-10-11-19-15-7-3-2-6-14(13)15/h2-9,11H,10H2,1H3. The molecule has 0 N–H and O–H groups in total. The first-order valence-electron chi connectivity index (χ1n) is 6.95. The van der Waals surface area contributed by atoms with E-state index in [1.807, 2.05) is 12.3 Å². The minimum absolute atomic E-state index is 0.839. The average molecular weight is 290 g/mol. The van der Waals surface area contributed by atoms with Crippen molar-refractivity contribution in [3.05, 3.63) is 64.9 Å². The van der Waals surface area contributed by atoms with Gasteiger partial charge in [0.25, 0.3) is 0 Å². The molecule has 2 aliphatic heterocycles. The van der Waals surface area contributed by atoms with Crippen LogP contribution in [0.3, 0.4) is 0 Å². The first kappa shape index (κ1) is 12.5. The molecule has 0 amide bonds. The predicted octanol–water partition coefficient (Wildman–Crippen LogP) is 4.86. The minimum Gasteiger partial charge on any atom is -0.332 e. The fourth-order valence-corrected chi connectivity index (χ4v) is 3.72. The van der Waals surface area contributed by atoms with Crippen molar-refractivity contribution >= 4 is 34.9 Å². The fourth-order valence-electron chi connectivity index (χ4n) is 2.65. The van der Waals surface area contributed by atoms with Crippen LogP contribution in [0.2, 0.25) is 0 Å². The van der Waals surface area contributed by atoms with Crippen molar-refractivity contribution in [1.82, 2.24) is 0 Å². The van der Waals surface area contributed by atoms with Crippen LogP contribution < -0.4 is 4.90 Å². The van der Waals surface area contributed by atoms with Crippen LogP contribution in [0.1, 0.15) is 12.0 Å². The van der Waals surface area contributed by atoms with E-state index in [2.05, 4.69) is 65.1 Å². The molecule has 0 aliphatic carbocycles. The average Bonchev–Trinajstić information content (AvgIpc) is 2.85. The van der Waals surface area contributed by atoms with Crippen molar-refractivity contribution in [2.45, 2.75) is 11.3 Å². The maximum Gasteiger partial charge on any atom is 0.124 e. The van der Waals surface area contributed by atoms with E-state index in [9.17, 15) is 0 Å². The second kappa shape index (κ2) is 4.96.